The molecular weight excluding hydrogens is 352 g/mol. The molecule has 2 N–H and O–H groups in total. The van der Waals surface area contributed by atoms with E-state index in [1.54, 1.807) is 6.07 Å². The highest BCUT2D eigenvalue weighted by Gasteiger charge is 2.25. The number of benzene rings is 1. The summed E-state index contributed by atoms with van der Waals surface area (Å²) in [5.41, 5.74) is 0.912. The number of fused-ring (bicyclic) bond motifs is 1. The number of nitrogens with one attached hydrogen (secondary N) is 2. The lowest BCUT2D eigenvalue weighted by molar-refractivity contribution is -0.124. The molecule has 1 aliphatic rings. The molecule has 138 valence electrons. The Morgan fingerprint density at radius 3 is 2.62 bits per heavy atom. The fourth-order valence-electron chi connectivity index (χ4n) is 2.65. The number of ether oxygens (including phenoxy) is 2. The van der Waals surface area contributed by atoms with Crippen LogP contribution >= 0.6 is 11.3 Å². The van der Waals surface area contributed by atoms with Gasteiger partial charge in [-0.15, -0.1) is 11.3 Å². The van der Waals surface area contributed by atoms with Crippen molar-refractivity contribution >= 4 is 23.2 Å². The van der Waals surface area contributed by atoms with Crippen molar-refractivity contribution in [3.63, 3.8) is 0 Å². The highest BCUT2D eigenvalue weighted by Crippen LogP contribution is 2.30. The van der Waals surface area contributed by atoms with Crippen LogP contribution < -0.4 is 20.1 Å². The van der Waals surface area contributed by atoms with Crippen LogP contribution in [0.15, 0.2) is 35.7 Å². The maximum atomic E-state index is 12.6. The van der Waals surface area contributed by atoms with Gasteiger partial charge in [-0.2, -0.15) is 0 Å². The zero-order valence-electron chi connectivity index (χ0n) is 14.8. The molecule has 3 rings (SSSR count). The largest absolute Gasteiger partial charge is 0.486 e. The number of rotatable bonds is 6. The molecule has 6 nitrogen and oxygen atoms in total. The average Bonchev–Trinajstić information content (AvgIpc) is 3.18. The number of amides is 2. The van der Waals surface area contributed by atoms with Gasteiger partial charge < -0.3 is 20.1 Å². The maximum Gasteiger partial charge on any atom is 0.262 e. The summed E-state index contributed by atoms with van der Waals surface area (Å²) in [6, 6.07) is 8.55. The second kappa shape index (κ2) is 8.23. The van der Waals surface area contributed by atoms with Gasteiger partial charge in [0.25, 0.3) is 5.91 Å². The average molecular weight is 374 g/mol. The quantitative estimate of drug-likeness (QED) is 0.815. The topological polar surface area (TPSA) is 76.7 Å². The molecule has 1 aromatic heterocycles. The van der Waals surface area contributed by atoms with Crippen LogP contribution in [0.1, 0.15) is 29.1 Å². The molecule has 0 spiro atoms. The van der Waals surface area contributed by atoms with Crippen LogP contribution in [0.3, 0.4) is 0 Å². The highest BCUT2D eigenvalue weighted by atomic mass is 32.1. The summed E-state index contributed by atoms with van der Waals surface area (Å²) in [7, 11) is 0. The van der Waals surface area contributed by atoms with Crippen LogP contribution in [-0.2, 0) is 11.3 Å². The minimum Gasteiger partial charge on any atom is -0.486 e. The summed E-state index contributed by atoms with van der Waals surface area (Å²) in [4.78, 5) is 25.4. The van der Waals surface area contributed by atoms with E-state index in [0.717, 1.165) is 11.3 Å². The Labute approximate surface area is 156 Å². The second-order valence-corrected chi connectivity index (χ2v) is 7.32. The predicted octanol–water partition coefficient (Wildman–Crippen LogP) is 2.59. The second-order valence-electron chi connectivity index (χ2n) is 6.37. The molecule has 0 aliphatic carbocycles. The third-order valence-corrected chi connectivity index (χ3v) is 4.92. The third-order valence-electron chi connectivity index (χ3n) is 4.05. The van der Waals surface area contributed by atoms with Gasteiger partial charge in [0.1, 0.15) is 19.3 Å². The zero-order valence-corrected chi connectivity index (χ0v) is 15.6. The van der Waals surface area contributed by atoms with Crippen molar-refractivity contribution in [2.75, 3.05) is 13.2 Å². The number of carbonyl (C=O) groups is 2. The van der Waals surface area contributed by atoms with Crippen molar-refractivity contribution in [2.45, 2.75) is 26.4 Å². The fraction of sp³-hybridized carbons (Fsp3) is 0.368. The van der Waals surface area contributed by atoms with Crippen molar-refractivity contribution < 1.29 is 19.1 Å². The Morgan fingerprint density at radius 1 is 1.15 bits per heavy atom. The number of hydrogen-bond donors (Lipinski definition) is 2. The van der Waals surface area contributed by atoms with E-state index in [-0.39, 0.29) is 17.7 Å². The Morgan fingerprint density at radius 2 is 1.92 bits per heavy atom. The molecule has 2 heterocycles. The number of carbonyl (C=O) groups excluding carboxylic acids is 2. The minimum atomic E-state index is -0.596. The molecule has 1 unspecified atom stereocenters. The van der Waals surface area contributed by atoms with E-state index in [1.165, 1.54) is 11.3 Å². The van der Waals surface area contributed by atoms with Crippen molar-refractivity contribution in [3.05, 3.63) is 46.2 Å². The first kappa shape index (κ1) is 18.3. The van der Waals surface area contributed by atoms with Gasteiger partial charge in [0.05, 0.1) is 4.88 Å². The van der Waals surface area contributed by atoms with Gasteiger partial charge in [-0.3, -0.25) is 9.59 Å². The molecule has 0 saturated carbocycles. The summed E-state index contributed by atoms with van der Waals surface area (Å²) in [6.07, 6.45) is 0. The lowest BCUT2D eigenvalue weighted by Gasteiger charge is -2.22. The predicted molar refractivity (Wildman–Crippen MR) is 99.7 cm³/mol. The van der Waals surface area contributed by atoms with Crippen LogP contribution in [0.4, 0.5) is 0 Å². The maximum absolute atomic E-state index is 12.6. The summed E-state index contributed by atoms with van der Waals surface area (Å²) in [6.45, 7) is 5.23. The van der Waals surface area contributed by atoms with Gasteiger partial charge in [0.15, 0.2) is 11.5 Å². The molecule has 0 radical (unpaired) electrons. The van der Waals surface area contributed by atoms with E-state index in [2.05, 4.69) is 10.6 Å². The van der Waals surface area contributed by atoms with E-state index in [1.807, 2.05) is 43.5 Å². The van der Waals surface area contributed by atoms with Crippen LogP contribution in [-0.4, -0.2) is 31.1 Å². The summed E-state index contributed by atoms with van der Waals surface area (Å²) in [5.74, 6) is 0.941. The molecule has 26 heavy (non-hydrogen) atoms. The normalized spacial score (nSPS) is 14.0. The summed E-state index contributed by atoms with van der Waals surface area (Å²) >= 11 is 1.35. The Kier molecular flexibility index (Phi) is 5.78. The molecular formula is C19H22N2O4S. The van der Waals surface area contributed by atoms with Crippen molar-refractivity contribution in [1.82, 2.24) is 10.6 Å². The first-order valence-corrected chi connectivity index (χ1v) is 9.43. The third kappa shape index (κ3) is 4.35. The number of thiophene rings is 1. The van der Waals surface area contributed by atoms with Crippen molar-refractivity contribution in [3.8, 4) is 11.5 Å². The van der Waals surface area contributed by atoms with E-state index in [0.29, 0.717) is 30.4 Å². The minimum absolute atomic E-state index is 0.0285. The first-order chi connectivity index (χ1) is 12.5. The molecule has 2 amide bonds. The van der Waals surface area contributed by atoms with Crippen LogP contribution in [0.25, 0.3) is 0 Å². The molecule has 1 aliphatic heterocycles. The molecule has 2 aromatic rings. The highest BCUT2D eigenvalue weighted by molar-refractivity contribution is 7.12. The van der Waals surface area contributed by atoms with Crippen molar-refractivity contribution in [1.29, 1.82) is 0 Å². The van der Waals surface area contributed by atoms with Gasteiger partial charge in [-0.05, 0) is 35.1 Å². The van der Waals surface area contributed by atoms with Gasteiger partial charge >= 0.3 is 0 Å². The van der Waals surface area contributed by atoms with E-state index in [4.69, 9.17) is 9.47 Å². The van der Waals surface area contributed by atoms with Crippen molar-refractivity contribution in [2.24, 2.45) is 5.92 Å². The van der Waals surface area contributed by atoms with E-state index < -0.39 is 6.04 Å². The lowest BCUT2D eigenvalue weighted by atomic mass is 10.0. The van der Waals surface area contributed by atoms with E-state index in [9.17, 15) is 9.59 Å². The molecule has 0 saturated heterocycles. The molecule has 0 bridgehead atoms. The summed E-state index contributed by atoms with van der Waals surface area (Å²) < 4.78 is 11.1. The standard InChI is InChI=1S/C19H22N2O4S/c1-12(2)17(21-18(22)16-4-3-9-26-16)19(23)20-11-13-5-6-14-15(10-13)25-8-7-24-14/h3-6,9-10,12,17H,7-8,11H2,1-2H3,(H,20,23)(H,21,22). The van der Waals surface area contributed by atoms with Gasteiger partial charge in [-0.25, -0.2) is 0 Å². The van der Waals surface area contributed by atoms with Gasteiger partial charge in [0.2, 0.25) is 5.91 Å². The Hall–Kier alpha value is -2.54. The van der Waals surface area contributed by atoms with Gasteiger partial charge in [-0.1, -0.05) is 26.0 Å². The summed E-state index contributed by atoms with van der Waals surface area (Å²) in [5, 5.41) is 7.55. The van der Waals surface area contributed by atoms with Gasteiger partial charge in [0, 0.05) is 6.54 Å². The van der Waals surface area contributed by atoms with Crippen LogP contribution in [0.2, 0.25) is 0 Å². The smallest absolute Gasteiger partial charge is 0.262 e. The first-order valence-electron chi connectivity index (χ1n) is 8.55. The van der Waals surface area contributed by atoms with Crippen LogP contribution in [0.5, 0.6) is 11.5 Å². The molecule has 0 fully saturated rings. The number of hydrogen-bond acceptors (Lipinski definition) is 5. The Bertz CT molecular complexity index is 774. The lowest BCUT2D eigenvalue weighted by Crippen LogP contribution is -2.49. The molecule has 7 heteroatoms. The SMILES string of the molecule is CC(C)C(NC(=O)c1cccs1)C(=O)NCc1ccc2c(c1)OCCO2. The zero-order chi connectivity index (χ0) is 18.5. The van der Waals surface area contributed by atoms with Crippen LogP contribution in [0, 0.1) is 5.92 Å². The van der Waals surface area contributed by atoms with E-state index >= 15 is 0 Å². The monoisotopic (exact) mass is 374 g/mol. The fourth-order valence-corrected chi connectivity index (χ4v) is 3.28. The molecule has 1 atom stereocenters. The Balaban J connectivity index is 1.60. The molecule has 1 aromatic carbocycles.